The monoisotopic (exact) mass is 832 g/mol. The van der Waals surface area contributed by atoms with E-state index >= 15 is 0 Å². The van der Waals surface area contributed by atoms with Crippen molar-refractivity contribution in [3.05, 3.63) is 0 Å². The molecule has 4 atom stereocenters. The van der Waals surface area contributed by atoms with Crippen LogP contribution in [-0.2, 0) is 14.2 Å². The van der Waals surface area contributed by atoms with Crippen LogP contribution in [-0.4, -0.2) is 120 Å². The number of halogens is 28. The van der Waals surface area contributed by atoms with Crippen LogP contribution in [0, 0.1) is 0 Å². The quantitative estimate of drug-likeness (QED) is 0.164. The first-order chi connectivity index (χ1) is 22.0. The highest BCUT2D eigenvalue weighted by molar-refractivity contribution is 5.05. The number of ether oxygens (including phenoxy) is 3. The van der Waals surface area contributed by atoms with Crippen LogP contribution in [0.1, 0.15) is 0 Å². The molecule has 0 aromatic carbocycles. The molecule has 0 aromatic rings. The van der Waals surface area contributed by atoms with E-state index in [2.05, 4.69) is 9.47 Å². The SMILES string of the molecule is FC(N1C(F)(F)C(F)(F)OC(F)(F)C1(F)F)C(F)(F)C1COC(C(F)(F)C(F)N(C(F)(F)C(F)(F)C(F)(F)F)C(F)(F)C(F)(F)C(F)(F)F)CO1. The van der Waals surface area contributed by atoms with Crippen LogP contribution in [0.15, 0.2) is 0 Å². The molecule has 0 aliphatic carbocycles. The van der Waals surface area contributed by atoms with Gasteiger partial charge in [-0.25, -0.2) is 13.5 Å². The standard InChI is InChI=1S/C18H8F28N2O3/c19-5(47(13(35,36)9(25,26)11(29,30)31)14(37,38)10(27,28)12(32,33)34)7(21,22)3-1-50-4(2-49-3)8(23,24)6(20)48-15(39,40)17(43,44)51-18(45,46)16(48,41)42/h3-6H,1-2H2. The van der Waals surface area contributed by atoms with E-state index in [1.807, 2.05) is 4.74 Å². The van der Waals surface area contributed by atoms with Crippen molar-refractivity contribution in [3.8, 4) is 0 Å². The molecule has 0 amide bonds. The van der Waals surface area contributed by atoms with Gasteiger partial charge in [-0.2, -0.15) is 114 Å². The smallest absolute Gasteiger partial charge is 0.366 e. The zero-order chi connectivity index (χ0) is 41.0. The predicted octanol–water partition coefficient (Wildman–Crippen LogP) is 8.22. The molecular weight excluding hydrogens is 824 g/mol. The van der Waals surface area contributed by atoms with Gasteiger partial charge in [-0.15, -0.1) is 9.80 Å². The van der Waals surface area contributed by atoms with E-state index in [9.17, 15) is 123 Å². The third-order valence-corrected chi connectivity index (χ3v) is 6.48. The Morgan fingerprint density at radius 1 is 0.510 bits per heavy atom. The van der Waals surface area contributed by atoms with Crippen molar-refractivity contribution in [2.24, 2.45) is 0 Å². The second-order valence-corrected chi connectivity index (χ2v) is 9.85. The number of morpholine rings is 1. The molecule has 0 radical (unpaired) electrons. The molecule has 0 bridgehead atoms. The van der Waals surface area contributed by atoms with Crippen molar-refractivity contribution in [3.63, 3.8) is 0 Å². The van der Waals surface area contributed by atoms with Crippen LogP contribution in [0.2, 0.25) is 0 Å². The molecule has 2 heterocycles. The lowest BCUT2D eigenvalue weighted by Crippen LogP contribution is -2.78. The van der Waals surface area contributed by atoms with Gasteiger partial charge in [0.1, 0.15) is 12.2 Å². The lowest BCUT2D eigenvalue weighted by atomic mass is 10.0. The van der Waals surface area contributed by atoms with E-state index in [1.165, 1.54) is 0 Å². The van der Waals surface area contributed by atoms with Gasteiger partial charge in [-0.1, -0.05) is 0 Å². The van der Waals surface area contributed by atoms with E-state index in [-0.39, 0.29) is 0 Å². The summed E-state index contributed by atoms with van der Waals surface area (Å²) in [6.45, 7) is -5.97. The van der Waals surface area contributed by atoms with Gasteiger partial charge in [0, 0.05) is 0 Å². The highest BCUT2D eigenvalue weighted by Gasteiger charge is 2.88. The van der Waals surface area contributed by atoms with Crippen LogP contribution >= 0.6 is 0 Å². The summed E-state index contributed by atoms with van der Waals surface area (Å²) in [5.74, 6) is -30.4. The first-order valence-corrected chi connectivity index (χ1v) is 11.7. The number of hydrogen-bond acceptors (Lipinski definition) is 5. The Labute approximate surface area is 258 Å². The van der Waals surface area contributed by atoms with E-state index in [1.54, 1.807) is 0 Å². The Morgan fingerprint density at radius 2 is 0.804 bits per heavy atom. The second kappa shape index (κ2) is 12.2. The van der Waals surface area contributed by atoms with Crippen LogP contribution in [0.3, 0.4) is 0 Å². The maximum Gasteiger partial charge on any atom is 0.461 e. The van der Waals surface area contributed by atoms with Crippen molar-refractivity contribution in [2.45, 2.75) is 97.2 Å². The summed E-state index contributed by atoms with van der Waals surface area (Å²) < 4.78 is 390. The molecule has 5 nitrogen and oxygen atoms in total. The molecule has 0 N–H and O–H groups in total. The maximum absolute atomic E-state index is 14.6. The Kier molecular flexibility index (Phi) is 10.7. The average Bonchev–Trinajstić information content (AvgIpc) is 2.89. The second-order valence-electron chi connectivity index (χ2n) is 9.85. The minimum absolute atomic E-state index is 1.83. The van der Waals surface area contributed by atoms with Gasteiger partial charge in [-0.3, -0.25) is 0 Å². The number of nitrogens with zero attached hydrogens (tertiary/aromatic N) is 2. The molecule has 4 unspecified atom stereocenters. The Morgan fingerprint density at radius 3 is 1.08 bits per heavy atom. The minimum atomic E-state index is -8.63. The number of hydrogen-bond donors (Lipinski definition) is 0. The maximum atomic E-state index is 14.6. The predicted molar refractivity (Wildman–Crippen MR) is 95.6 cm³/mol. The molecule has 2 saturated heterocycles. The molecule has 0 saturated carbocycles. The third kappa shape index (κ3) is 6.55. The Bertz CT molecular complexity index is 1190. The van der Waals surface area contributed by atoms with Gasteiger partial charge >= 0.3 is 72.4 Å². The molecule has 2 aliphatic heterocycles. The lowest BCUT2D eigenvalue weighted by molar-refractivity contribution is -0.575. The van der Waals surface area contributed by atoms with Crippen molar-refractivity contribution < 1.29 is 137 Å². The number of rotatable bonds is 10. The summed E-state index contributed by atoms with van der Waals surface area (Å²) in [6, 6.07) is -31.7. The van der Waals surface area contributed by atoms with E-state index < -0.39 is 120 Å². The summed E-state index contributed by atoms with van der Waals surface area (Å²) in [4.78, 5) is -8.18. The molecule has 2 aliphatic rings. The van der Waals surface area contributed by atoms with Gasteiger partial charge in [0.25, 0.3) is 0 Å². The fourth-order valence-electron chi connectivity index (χ4n) is 3.73. The van der Waals surface area contributed by atoms with Gasteiger partial charge < -0.3 is 9.47 Å². The van der Waals surface area contributed by atoms with Crippen molar-refractivity contribution in [1.82, 2.24) is 9.80 Å². The van der Waals surface area contributed by atoms with E-state index in [4.69, 9.17) is 0 Å². The van der Waals surface area contributed by atoms with Gasteiger partial charge in [0.05, 0.1) is 13.2 Å². The highest BCUT2D eigenvalue weighted by atomic mass is 19.4. The summed E-state index contributed by atoms with van der Waals surface area (Å²) in [5.41, 5.74) is 0. The molecule has 33 heteroatoms. The van der Waals surface area contributed by atoms with Crippen LogP contribution in [0.5, 0.6) is 0 Å². The highest BCUT2D eigenvalue weighted by Crippen LogP contribution is 2.60. The van der Waals surface area contributed by atoms with Gasteiger partial charge in [0.2, 0.25) is 12.6 Å². The summed E-state index contributed by atoms with van der Waals surface area (Å²) in [6.07, 6.45) is -51.4. The molecular formula is C18H8F28N2O3. The van der Waals surface area contributed by atoms with E-state index in [0.29, 0.717) is 0 Å². The zero-order valence-corrected chi connectivity index (χ0v) is 22.4. The van der Waals surface area contributed by atoms with Crippen LogP contribution in [0.25, 0.3) is 0 Å². The molecule has 0 aromatic heterocycles. The summed E-state index contributed by atoms with van der Waals surface area (Å²) >= 11 is 0. The van der Waals surface area contributed by atoms with Gasteiger partial charge in [-0.05, 0) is 0 Å². The first-order valence-electron chi connectivity index (χ1n) is 11.7. The fraction of sp³-hybridized carbons (Fsp3) is 1.00. The molecule has 2 fully saturated rings. The fourth-order valence-corrected chi connectivity index (χ4v) is 3.73. The summed E-state index contributed by atoms with van der Waals surface area (Å²) in [7, 11) is 0. The Hall–Kier alpha value is -2.16. The normalized spacial score (nSPS) is 27.0. The zero-order valence-electron chi connectivity index (χ0n) is 22.4. The van der Waals surface area contributed by atoms with E-state index in [0.717, 1.165) is 0 Å². The Balaban J connectivity index is 2.55. The molecule has 0 spiro atoms. The number of alkyl halides is 28. The average molecular weight is 832 g/mol. The molecule has 2 rings (SSSR count). The van der Waals surface area contributed by atoms with Crippen LogP contribution < -0.4 is 0 Å². The minimum Gasteiger partial charge on any atom is -0.366 e. The summed E-state index contributed by atoms with van der Waals surface area (Å²) in [5, 5.41) is 0. The lowest BCUT2D eigenvalue weighted by Gasteiger charge is -2.50. The molecule has 51 heavy (non-hydrogen) atoms. The van der Waals surface area contributed by atoms with Crippen molar-refractivity contribution in [1.29, 1.82) is 0 Å². The first kappa shape index (κ1) is 45.0. The van der Waals surface area contributed by atoms with Crippen molar-refractivity contribution in [2.75, 3.05) is 13.2 Å². The van der Waals surface area contributed by atoms with Gasteiger partial charge in [0.15, 0.2) is 0 Å². The topological polar surface area (TPSA) is 34.2 Å². The van der Waals surface area contributed by atoms with Crippen molar-refractivity contribution >= 4 is 0 Å². The van der Waals surface area contributed by atoms with Crippen LogP contribution in [0.4, 0.5) is 123 Å². The largest absolute Gasteiger partial charge is 0.461 e. The molecule has 304 valence electrons. The third-order valence-electron chi connectivity index (χ3n) is 6.48.